The van der Waals surface area contributed by atoms with E-state index in [9.17, 15) is 0 Å². The molecule has 0 bridgehead atoms. The largest absolute Gasteiger partial charge is 2.00 e. The average Bonchev–Trinajstić information content (AvgIpc) is 2.96. The SMILES string of the molecule is C(=NCCN=Cc1ccc[n-]1)c1ccc[n-]1.[Fe+2]. The molecule has 0 saturated heterocycles. The fraction of sp³-hybridized carbons (Fsp3) is 0.167. The summed E-state index contributed by atoms with van der Waals surface area (Å²) in [5.74, 6) is 0. The van der Waals surface area contributed by atoms with E-state index in [4.69, 9.17) is 0 Å². The Kier molecular flexibility index (Phi) is 6.07. The molecule has 5 heteroatoms. The minimum Gasteiger partial charge on any atom is -0.663 e. The maximum atomic E-state index is 4.21. The fourth-order valence-electron chi connectivity index (χ4n) is 1.21. The van der Waals surface area contributed by atoms with Crippen LogP contribution < -0.4 is 9.97 Å². The quantitative estimate of drug-likeness (QED) is 0.464. The molecule has 0 N–H and O–H groups in total. The van der Waals surface area contributed by atoms with Gasteiger partial charge in [-0.1, -0.05) is 24.3 Å². The third kappa shape index (κ3) is 4.85. The van der Waals surface area contributed by atoms with Gasteiger partial charge in [0, 0.05) is 12.4 Å². The van der Waals surface area contributed by atoms with Gasteiger partial charge in [0.25, 0.3) is 0 Å². The summed E-state index contributed by atoms with van der Waals surface area (Å²) < 4.78 is 0. The van der Waals surface area contributed by atoms with Crippen molar-refractivity contribution < 1.29 is 17.1 Å². The summed E-state index contributed by atoms with van der Waals surface area (Å²) in [5.41, 5.74) is 1.78. The molecular weight excluding hydrogens is 256 g/mol. The van der Waals surface area contributed by atoms with E-state index in [1.807, 2.05) is 24.3 Å². The predicted octanol–water partition coefficient (Wildman–Crippen LogP) is 1.14. The van der Waals surface area contributed by atoms with Gasteiger partial charge in [0.05, 0.1) is 13.1 Å². The molecule has 2 heterocycles. The first kappa shape index (κ1) is 13.5. The van der Waals surface area contributed by atoms with Crippen LogP contribution in [0.25, 0.3) is 0 Å². The Labute approximate surface area is 111 Å². The van der Waals surface area contributed by atoms with Crippen LogP contribution in [-0.4, -0.2) is 25.5 Å². The van der Waals surface area contributed by atoms with Crippen LogP contribution in [-0.2, 0) is 17.1 Å². The van der Waals surface area contributed by atoms with Crippen molar-refractivity contribution >= 4 is 12.4 Å². The molecule has 0 radical (unpaired) electrons. The van der Waals surface area contributed by atoms with Crippen molar-refractivity contribution in [3.63, 3.8) is 0 Å². The number of aliphatic imine (C=N–C) groups is 2. The van der Waals surface area contributed by atoms with Crippen LogP contribution in [0, 0.1) is 0 Å². The van der Waals surface area contributed by atoms with E-state index in [1.54, 1.807) is 24.8 Å². The molecule has 2 aromatic rings. The summed E-state index contributed by atoms with van der Waals surface area (Å²) in [4.78, 5) is 16.6. The van der Waals surface area contributed by atoms with Gasteiger partial charge < -0.3 is 9.97 Å². The van der Waals surface area contributed by atoms with Crippen LogP contribution in [0.1, 0.15) is 11.4 Å². The van der Waals surface area contributed by atoms with Crippen molar-refractivity contribution in [1.29, 1.82) is 0 Å². The Morgan fingerprint density at radius 2 is 1.35 bits per heavy atom. The molecular formula is C12H12FeN4. The van der Waals surface area contributed by atoms with E-state index in [-0.39, 0.29) is 17.1 Å². The summed E-state index contributed by atoms with van der Waals surface area (Å²) in [6, 6.07) is 7.61. The van der Waals surface area contributed by atoms with Gasteiger partial charge in [-0.25, -0.2) is 0 Å². The smallest absolute Gasteiger partial charge is 0.663 e. The number of nitrogens with zero attached hydrogens (tertiary/aromatic N) is 4. The monoisotopic (exact) mass is 268 g/mol. The summed E-state index contributed by atoms with van der Waals surface area (Å²) in [5, 5.41) is 0. The number of rotatable bonds is 5. The Morgan fingerprint density at radius 1 is 0.882 bits per heavy atom. The third-order valence-electron chi connectivity index (χ3n) is 1.96. The predicted molar refractivity (Wildman–Crippen MR) is 64.4 cm³/mol. The summed E-state index contributed by atoms with van der Waals surface area (Å²) in [6.45, 7) is 1.34. The molecule has 0 atom stereocenters. The van der Waals surface area contributed by atoms with Crippen molar-refractivity contribution in [2.45, 2.75) is 0 Å². The zero-order valence-corrected chi connectivity index (χ0v) is 10.3. The second-order valence-corrected chi connectivity index (χ2v) is 3.19. The first-order valence-electron chi connectivity index (χ1n) is 5.10. The second kappa shape index (κ2) is 7.65. The third-order valence-corrected chi connectivity index (χ3v) is 1.96. The van der Waals surface area contributed by atoms with Crippen LogP contribution in [0.5, 0.6) is 0 Å². The first-order chi connectivity index (χ1) is 7.95. The van der Waals surface area contributed by atoms with Crippen LogP contribution in [0.4, 0.5) is 0 Å². The van der Waals surface area contributed by atoms with Gasteiger partial charge in [0.15, 0.2) is 0 Å². The maximum absolute atomic E-state index is 4.21. The molecule has 0 fully saturated rings. The van der Waals surface area contributed by atoms with Crippen molar-refractivity contribution in [1.82, 2.24) is 9.97 Å². The minimum atomic E-state index is 0. The molecule has 17 heavy (non-hydrogen) atoms. The summed E-state index contributed by atoms with van der Waals surface area (Å²) in [7, 11) is 0. The fourth-order valence-corrected chi connectivity index (χ4v) is 1.21. The van der Waals surface area contributed by atoms with E-state index in [0.717, 1.165) is 11.4 Å². The topological polar surface area (TPSA) is 52.9 Å². The van der Waals surface area contributed by atoms with Crippen LogP contribution in [0.3, 0.4) is 0 Å². The van der Waals surface area contributed by atoms with Gasteiger partial charge in [0.2, 0.25) is 0 Å². The molecule has 0 aromatic carbocycles. The molecule has 0 aliphatic rings. The van der Waals surface area contributed by atoms with Crippen molar-refractivity contribution in [2.24, 2.45) is 9.98 Å². The van der Waals surface area contributed by atoms with Crippen LogP contribution in [0.15, 0.2) is 46.6 Å². The molecule has 0 saturated carbocycles. The molecule has 4 nitrogen and oxygen atoms in total. The van der Waals surface area contributed by atoms with Crippen LogP contribution >= 0.6 is 0 Å². The molecule has 88 valence electrons. The van der Waals surface area contributed by atoms with Gasteiger partial charge in [-0.2, -0.15) is 12.4 Å². The number of hydrogen-bond donors (Lipinski definition) is 0. The normalized spacial score (nSPS) is 11.1. The molecule has 2 rings (SSSR count). The summed E-state index contributed by atoms with van der Waals surface area (Å²) in [6.07, 6.45) is 7.02. The van der Waals surface area contributed by atoms with Crippen molar-refractivity contribution in [3.8, 4) is 0 Å². The van der Waals surface area contributed by atoms with Crippen molar-refractivity contribution in [3.05, 3.63) is 48.0 Å². The Bertz CT molecular complexity index is 399. The van der Waals surface area contributed by atoms with E-state index in [0.29, 0.717) is 13.1 Å². The molecule has 0 aliphatic carbocycles. The first-order valence-corrected chi connectivity index (χ1v) is 5.10. The average molecular weight is 268 g/mol. The van der Waals surface area contributed by atoms with E-state index < -0.39 is 0 Å². The van der Waals surface area contributed by atoms with Crippen LogP contribution in [0.2, 0.25) is 0 Å². The van der Waals surface area contributed by atoms with Gasteiger partial charge >= 0.3 is 17.1 Å². The molecule has 2 aromatic heterocycles. The minimum absolute atomic E-state index is 0. The van der Waals surface area contributed by atoms with Gasteiger partial charge in [-0.3, -0.25) is 9.98 Å². The van der Waals surface area contributed by atoms with Gasteiger partial charge in [-0.15, -0.1) is 11.4 Å². The van der Waals surface area contributed by atoms with E-state index in [2.05, 4.69) is 20.0 Å². The maximum Gasteiger partial charge on any atom is 2.00 e. The molecule has 0 spiro atoms. The number of hydrogen-bond acceptors (Lipinski definition) is 2. The van der Waals surface area contributed by atoms with Crippen molar-refractivity contribution in [2.75, 3.05) is 13.1 Å². The van der Waals surface area contributed by atoms with Gasteiger partial charge in [0.1, 0.15) is 0 Å². The zero-order valence-electron chi connectivity index (χ0n) is 9.18. The standard InChI is InChI=1S/C12H12N4.Fe/c1-3-11(15-5-1)9-13-7-8-14-10-12-4-2-6-16-12;/h1-6,9-10H,7-8H2;/q-2;+2. The Morgan fingerprint density at radius 3 is 1.71 bits per heavy atom. The number of aromatic nitrogens is 2. The Balaban J connectivity index is 0.00000144. The summed E-state index contributed by atoms with van der Waals surface area (Å²) >= 11 is 0. The van der Waals surface area contributed by atoms with E-state index in [1.165, 1.54) is 0 Å². The molecule has 0 amide bonds. The Hall–Kier alpha value is -1.58. The van der Waals surface area contributed by atoms with Gasteiger partial charge in [-0.05, 0) is 0 Å². The zero-order chi connectivity index (χ0) is 11.1. The second-order valence-electron chi connectivity index (χ2n) is 3.19. The molecule has 0 unspecified atom stereocenters. The molecule has 0 aliphatic heterocycles. The van der Waals surface area contributed by atoms with E-state index >= 15 is 0 Å².